The Labute approximate surface area is 181 Å². The van der Waals surface area contributed by atoms with Crippen LogP contribution in [0.4, 0.5) is 13.2 Å². The predicted octanol–water partition coefficient (Wildman–Crippen LogP) is 6.44. The van der Waals surface area contributed by atoms with Gasteiger partial charge in [-0.3, -0.25) is 5.32 Å². The van der Waals surface area contributed by atoms with Crippen LogP contribution in [0.3, 0.4) is 0 Å². The molecule has 5 heteroatoms. The summed E-state index contributed by atoms with van der Waals surface area (Å²) in [7, 11) is 1.85. The van der Waals surface area contributed by atoms with Gasteiger partial charge in [0.15, 0.2) is 0 Å². The van der Waals surface area contributed by atoms with Gasteiger partial charge in [0.25, 0.3) is 0 Å². The molecule has 2 atom stereocenters. The first kappa shape index (κ1) is 22.6. The smallest absolute Gasteiger partial charge is 0.390 e. The van der Waals surface area contributed by atoms with Gasteiger partial charge in [0.05, 0.1) is 11.6 Å². The van der Waals surface area contributed by atoms with Gasteiger partial charge in [-0.05, 0) is 41.7 Å². The highest BCUT2D eigenvalue weighted by Gasteiger charge is 2.30. The molecule has 3 aromatic rings. The third kappa shape index (κ3) is 6.22. The molecule has 0 amide bonds. The van der Waals surface area contributed by atoms with Gasteiger partial charge in [-0.1, -0.05) is 79.4 Å². The Morgan fingerprint density at radius 3 is 1.90 bits per heavy atom. The molecule has 0 spiro atoms. The maximum absolute atomic E-state index is 12.8. The predicted molar refractivity (Wildman–Crippen MR) is 119 cm³/mol. The molecule has 0 fully saturated rings. The van der Waals surface area contributed by atoms with Gasteiger partial charge >= 0.3 is 6.18 Å². The van der Waals surface area contributed by atoms with Crippen LogP contribution in [0.5, 0.6) is 0 Å². The Hall–Kier alpha value is -3.05. The second-order valence-corrected chi connectivity index (χ2v) is 7.48. The number of alkyl halides is 3. The Morgan fingerprint density at radius 1 is 0.839 bits per heavy atom. The molecule has 162 valence electrons. The fourth-order valence-corrected chi connectivity index (χ4v) is 3.59. The highest BCUT2D eigenvalue weighted by atomic mass is 19.4. The first-order chi connectivity index (χ1) is 14.9. The van der Waals surface area contributed by atoms with Crippen LogP contribution in [0, 0.1) is 0 Å². The first-order valence-electron chi connectivity index (χ1n) is 10.3. The number of halogens is 3. The number of benzene rings is 3. The zero-order valence-corrected chi connectivity index (χ0v) is 17.5. The molecule has 2 nitrogen and oxygen atoms in total. The minimum Gasteiger partial charge on any atom is -0.390 e. The molecule has 2 N–H and O–H groups in total. The standard InChI is InChI=1S/C26H27F3N2/c1-19(30-2)25(22-11-7-4-8-12-22)31-24(21-9-5-3-6-10-21)18-15-20-13-16-23(17-14-20)26(27,28)29/h3-14,16-17,24-25,30-31H,1,15,18H2,2H3/t24-,25-/m0/s1. The monoisotopic (exact) mass is 424 g/mol. The summed E-state index contributed by atoms with van der Waals surface area (Å²) >= 11 is 0. The largest absolute Gasteiger partial charge is 0.416 e. The molecule has 3 aromatic carbocycles. The summed E-state index contributed by atoms with van der Waals surface area (Å²) in [6.07, 6.45) is -2.93. The molecule has 0 heterocycles. The van der Waals surface area contributed by atoms with Crippen LogP contribution >= 0.6 is 0 Å². The van der Waals surface area contributed by atoms with Crippen molar-refractivity contribution in [2.45, 2.75) is 31.1 Å². The van der Waals surface area contributed by atoms with Crippen LogP contribution < -0.4 is 10.6 Å². The fraction of sp³-hybridized carbons (Fsp3) is 0.231. The van der Waals surface area contributed by atoms with E-state index in [1.165, 1.54) is 0 Å². The molecule has 0 bridgehead atoms. The van der Waals surface area contributed by atoms with E-state index < -0.39 is 11.7 Å². The van der Waals surface area contributed by atoms with Crippen molar-refractivity contribution in [3.05, 3.63) is 119 Å². The first-order valence-corrected chi connectivity index (χ1v) is 10.3. The molecule has 0 radical (unpaired) electrons. The molecular formula is C26H27F3N2. The maximum Gasteiger partial charge on any atom is 0.416 e. The van der Waals surface area contributed by atoms with Gasteiger partial charge in [-0.25, -0.2) is 0 Å². The second kappa shape index (κ2) is 10.3. The summed E-state index contributed by atoms with van der Waals surface area (Å²) in [5.41, 5.74) is 3.32. The van der Waals surface area contributed by atoms with E-state index in [1.807, 2.05) is 43.4 Å². The number of rotatable bonds is 9. The van der Waals surface area contributed by atoms with Crippen molar-refractivity contribution < 1.29 is 13.2 Å². The van der Waals surface area contributed by atoms with Gasteiger partial charge in [-0.2, -0.15) is 13.2 Å². The highest BCUT2D eigenvalue weighted by Crippen LogP contribution is 2.30. The van der Waals surface area contributed by atoms with Crippen LogP contribution in [0.1, 0.15) is 40.8 Å². The van der Waals surface area contributed by atoms with Crippen molar-refractivity contribution in [3.8, 4) is 0 Å². The molecule has 0 unspecified atom stereocenters. The van der Waals surface area contributed by atoms with Crippen LogP contribution in [-0.2, 0) is 12.6 Å². The van der Waals surface area contributed by atoms with Crippen LogP contribution in [0.15, 0.2) is 97.2 Å². The van der Waals surface area contributed by atoms with E-state index in [0.29, 0.717) is 6.42 Å². The molecule has 0 saturated carbocycles. The lowest BCUT2D eigenvalue weighted by Crippen LogP contribution is -2.31. The van der Waals surface area contributed by atoms with E-state index in [9.17, 15) is 13.2 Å². The van der Waals surface area contributed by atoms with Gasteiger partial charge < -0.3 is 5.32 Å². The average Bonchev–Trinajstić information content (AvgIpc) is 2.79. The highest BCUT2D eigenvalue weighted by molar-refractivity contribution is 5.29. The number of likely N-dealkylation sites (N-methyl/N-ethyl adjacent to an activating group) is 1. The molecule has 31 heavy (non-hydrogen) atoms. The molecule has 0 saturated heterocycles. The van der Waals surface area contributed by atoms with Gasteiger partial charge in [0, 0.05) is 18.8 Å². The summed E-state index contributed by atoms with van der Waals surface area (Å²) in [6.45, 7) is 4.17. The van der Waals surface area contributed by atoms with E-state index in [4.69, 9.17) is 0 Å². The quantitative estimate of drug-likeness (QED) is 0.413. The number of nitrogens with one attached hydrogen (secondary N) is 2. The van der Waals surface area contributed by atoms with Crippen molar-refractivity contribution in [1.29, 1.82) is 0 Å². The topological polar surface area (TPSA) is 24.1 Å². The SMILES string of the molecule is C=C(NC)[C@H](N[C@@H](CCc1ccc(C(F)(F)F)cc1)c1ccccc1)c1ccccc1. The summed E-state index contributed by atoms with van der Waals surface area (Å²) in [4.78, 5) is 0. The number of aryl methyl sites for hydroxylation is 1. The Balaban J connectivity index is 1.81. The Morgan fingerprint density at radius 2 is 1.39 bits per heavy atom. The molecule has 0 aliphatic carbocycles. The van der Waals surface area contributed by atoms with E-state index >= 15 is 0 Å². The summed E-state index contributed by atoms with van der Waals surface area (Å²) in [5, 5.41) is 6.85. The Bertz CT molecular complexity index is 951. The summed E-state index contributed by atoms with van der Waals surface area (Å²) < 4.78 is 38.5. The third-order valence-electron chi connectivity index (χ3n) is 5.38. The fourth-order valence-electron chi connectivity index (χ4n) is 3.59. The molecule has 0 aliphatic rings. The van der Waals surface area contributed by atoms with Crippen LogP contribution in [0.2, 0.25) is 0 Å². The van der Waals surface area contributed by atoms with E-state index in [1.54, 1.807) is 12.1 Å². The van der Waals surface area contributed by atoms with Crippen molar-refractivity contribution in [2.24, 2.45) is 0 Å². The van der Waals surface area contributed by atoms with Gasteiger partial charge in [0.2, 0.25) is 0 Å². The van der Waals surface area contributed by atoms with Crippen molar-refractivity contribution in [2.75, 3.05) is 7.05 Å². The lowest BCUT2D eigenvalue weighted by Gasteiger charge is -2.28. The lowest BCUT2D eigenvalue weighted by atomic mass is 9.95. The Kier molecular flexibility index (Phi) is 7.53. The third-order valence-corrected chi connectivity index (χ3v) is 5.38. The second-order valence-electron chi connectivity index (χ2n) is 7.48. The normalized spacial score (nSPS) is 13.4. The van der Waals surface area contributed by atoms with Crippen LogP contribution in [-0.4, -0.2) is 7.05 Å². The van der Waals surface area contributed by atoms with Gasteiger partial charge in [0.1, 0.15) is 0 Å². The number of hydrogen-bond acceptors (Lipinski definition) is 2. The van der Waals surface area contributed by atoms with Crippen molar-refractivity contribution in [1.82, 2.24) is 10.6 Å². The van der Waals surface area contributed by atoms with Crippen molar-refractivity contribution >= 4 is 0 Å². The summed E-state index contributed by atoms with van der Waals surface area (Å²) in [6, 6.07) is 25.5. The van der Waals surface area contributed by atoms with E-state index in [2.05, 4.69) is 41.5 Å². The molecular weight excluding hydrogens is 397 g/mol. The van der Waals surface area contributed by atoms with Gasteiger partial charge in [-0.15, -0.1) is 0 Å². The van der Waals surface area contributed by atoms with E-state index in [-0.39, 0.29) is 12.1 Å². The molecule has 3 rings (SSSR count). The molecule has 0 aliphatic heterocycles. The summed E-state index contributed by atoms with van der Waals surface area (Å²) in [5.74, 6) is 0. The maximum atomic E-state index is 12.8. The molecule has 0 aromatic heterocycles. The minimum absolute atomic E-state index is 0.00111. The van der Waals surface area contributed by atoms with E-state index in [0.717, 1.165) is 40.9 Å². The number of hydrogen-bond donors (Lipinski definition) is 2. The van der Waals surface area contributed by atoms with Crippen LogP contribution in [0.25, 0.3) is 0 Å². The zero-order chi connectivity index (χ0) is 22.3. The van der Waals surface area contributed by atoms with Crippen molar-refractivity contribution in [3.63, 3.8) is 0 Å². The average molecular weight is 425 g/mol. The lowest BCUT2D eigenvalue weighted by molar-refractivity contribution is -0.137. The minimum atomic E-state index is -4.32. The zero-order valence-electron chi connectivity index (χ0n) is 17.5.